The zero-order valence-corrected chi connectivity index (χ0v) is 9.79. The van der Waals surface area contributed by atoms with E-state index in [9.17, 15) is 13.2 Å². The van der Waals surface area contributed by atoms with E-state index < -0.39 is 11.7 Å². The summed E-state index contributed by atoms with van der Waals surface area (Å²) in [6.07, 6.45) is -2.57. The van der Waals surface area contributed by atoms with Crippen molar-refractivity contribution in [3.63, 3.8) is 0 Å². The van der Waals surface area contributed by atoms with Crippen LogP contribution in [0.4, 0.5) is 13.2 Å². The minimum absolute atomic E-state index is 0.175. The average molecular weight is 258 g/mol. The molecule has 0 aliphatic rings. The summed E-state index contributed by atoms with van der Waals surface area (Å²) in [4.78, 5) is 4.56. The third kappa shape index (κ3) is 2.21. The van der Waals surface area contributed by atoms with Crippen LogP contribution < -0.4 is 5.90 Å². The van der Waals surface area contributed by atoms with Gasteiger partial charge < -0.3 is 4.57 Å². The number of rotatable bonds is 3. The summed E-state index contributed by atoms with van der Waals surface area (Å²) in [6.45, 7) is 2.63. The number of alkyl halides is 3. The van der Waals surface area contributed by atoms with E-state index in [1.807, 2.05) is 6.92 Å². The fourth-order valence-electron chi connectivity index (χ4n) is 2.01. The van der Waals surface area contributed by atoms with Crippen LogP contribution in [0.15, 0.2) is 24.4 Å². The molecule has 0 fully saturated rings. The Morgan fingerprint density at radius 1 is 1.33 bits per heavy atom. The van der Waals surface area contributed by atoms with Crippen LogP contribution in [0.3, 0.4) is 0 Å². The third-order valence-electron chi connectivity index (χ3n) is 2.87. The Morgan fingerprint density at radius 3 is 2.61 bits per heavy atom. The van der Waals surface area contributed by atoms with E-state index in [0.717, 1.165) is 23.1 Å². The molecule has 0 spiro atoms. The molecule has 2 aromatic rings. The minimum atomic E-state index is -4.33. The highest BCUT2D eigenvalue weighted by Gasteiger charge is 2.30. The van der Waals surface area contributed by atoms with Crippen LogP contribution in [0.25, 0.3) is 10.9 Å². The fourth-order valence-corrected chi connectivity index (χ4v) is 2.01. The number of hydrogen-bond donors (Lipinski definition) is 1. The normalized spacial score (nSPS) is 12.3. The monoisotopic (exact) mass is 258 g/mol. The van der Waals surface area contributed by atoms with Gasteiger partial charge >= 0.3 is 6.18 Å². The smallest absolute Gasteiger partial charge is 0.347 e. The van der Waals surface area contributed by atoms with Crippen molar-refractivity contribution in [2.45, 2.75) is 26.3 Å². The largest absolute Gasteiger partial charge is 0.416 e. The predicted molar refractivity (Wildman–Crippen MR) is 61.6 cm³/mol. The second-order valence-electron chi connectivity index (χ2n) is 3.98. The summed E-state index contributed by atoms with van der Waals surface area (Å²) in [7, 11) is 0. The van der Waals surface area contributed by atoms with Crippen molar-refractivity contribution in [2.24, 2.45) is 5.90 Å². The van der Waals surface area contributed by atoms with Crippen LogP contribution >= 0.6 is 0 Å². The third-order valence-corrected chi connectivity index (χ3v) is 2.87. The van der Waals surface area contributed by atoms with E-state index in [4.69, 9.17) is 5.90 Å². The molecule has 6 heteroatoms. The van der Waals surface area contributed by atoms with E-state index in [1.54, 1.807) is 10.8 Å². The Bertz CT molecular complexity index is 560. The number of fused-ring (bicyclic) bond motifs is 1. The molecule has 98 valence electrons. The standard InChI is InChI=1S/C12H13F3N2O/c1-2-17-6-8(7-18-16)10-4-3-9(5-11(10)17)12(13,14)15/h3-6H,2,7,16H2,1H3. The highest BCUT2D eigenvalue weighted by atomic mass is 19.4. The summed E-state index contributed by atoms with van der Waals surface area (Å²) in [6, 6.07) is 3.68. The quantitative estimate of drug-likeness (QED) is 0.859. The summed E-state index contributed by atoms with van der Waals surface area (Å²) < 4.78 is 39.7. The van der Waals surface area contributed by atoms with Gasteiger partial charge in [0.2, 0.25) is 0 Å². The molecule has 0 aliphatic heterocycles. The van der Waals surface area contributed by atoms with Crippen LogP contribution in [0.1, 0.15) is 18.1 Å². The molecule has 2 rings (SSSR count). The van der Waals surface area contributed by atoms with Gasteiger partial charge in [0.15, 0.2) is 0 Å². The Labute approximate surface area is 102 Å². The number of aryl methyl sites for hydroxylation is 1. The lowest BCUT2D eigenvalue weighted by Gasteiger charge is -2.08. The summed E-state index contributed by atoms with van der Waals surface area (Å²) >= 11 is 0. The van der Waals surface area contributed by atoms with Gasteiger partial charge in [0.1, 0.15) is 0 Å². The Morgan fingerprint density at radius 2 is 2.06 bits per heavy atom. The van der Waals surface area contributed by atoms with Crippen molar-refractivity contribution < 1.29 is 18.0 Å². The van der Waals surface area contributed by atoms with Crippen molar-refractivity contribution in [2.75, 3.05) is 0 Å². The SMILES string of the molecule is CCn1cc(CON)c2ccc(C(F)(F)F)cc21. The van der Waals surface area contributed by atoms with Crippen molar-refractivity contribution >= 4 is 10.9 Å². The molecule has 0 saturated carbocycles. The molecular formula is C12H13F3N2O. The first-order chi connectivity index (χ1) is 8.47. The molecule has 0 aliphatic carbocycles. The van der Waals surface area contributed by atoms with Crippen molar-refractivity contribution in [3.05, 3.63) is 35.5 Å². The van der Waals surface area contributed by atoms with E-state index in [1.165, 1.54) is 6.07 Å². The predicted octanol–water partition coefficient (Wildman–Crippen LogP) is 3.07. The van der Waals surface area contributed by atoms with Crippen LogP contribution in [0, 0.1) is 0 Å². The fraction of sp³-hybridized carbons (Fsp3) is 0.333. The highest BCUT2D eigenvalue weighted by Crippen LogP contribution is 2.33. The lowest BCUT2D eigenvalue weighted by atomic mass is 10.1. The first-order valence-electron chi connectivity index (χ1n) is 5.48. The summed E-state index contributed by atoms with van der Waals surface area (Å²) in [5, 5.41) is 0.732. The van der Waals surface area contributed by atoms with Crippen molar-refractivity contribution in [1.82, 2.24) is 4.57 Å². The lowest BCUT2D eigenvalue weighted by molar-refractivity contribution is -0.137. The second kappa shape index (κ2) is 4.62. The van der Waals surface area contributed by atoms with E-state index in [-0.39, 0.29) is 6.61 Å². The highest BCUT2D eigenvalue weighted by molar-refractivity contribution is 5.84. The Hall–Kier alpha value is -1.53. The van der Waals surface area contributed by atoms with Gasteiger partial charge in [0, 0.05) is 29.2 Å². The summed E-state index contributed by atoms with van der Waals surface area (Å²) in [5.74, 6) is 5.01. The molecule has 0 unspecified atom stereocenters. The molecule has 3 nitrogen and oxygen atoms in total. The summed E-state index contributed by atoms with van der Waals surface area (Å²) in [5.41, 5.74) is 0.672. The molecular weight excluding hydrogens is 245 g/mol. The van der Waals surface area contributed by atoms with E-state index >= 15 is 0 Å². The number of hydrogen-bond acceptors (Lipinski definition) is 2. The maximum absolute atomic E-state index is 12.7. The molecule has 2 N–H and O–H groups in total. The molecule has 0 atom stereocenters. The number of halogens is 3. The van der Waals surface area contributed by atoms with Crippen LogP contribution in [0.5, 0.6) is 0 Å². The van der Waals surface area contributed by atoms with Gasteiger partial charge in [0.25, 0.3) is 0 Å². The van der Waals surface area contributed by atoms with Gasteiger partial charge in [-0.1, -0.05) is 6.07 Å². The van der Waals surface area contributed by atoms with Crippen molar-refractivity contribution in [1.29, 1.82) is 0 Å². The Balaban J connectivity index is 2.61. The van der Waals surface area contributed by atoms with Gasteiger partial charge in [-0.25, -0.2) is 5.90 Å². The molecule has 0 radical (unpaired) electrons. The van der Waals surface area contributed by atoms with Gasteiger partial charge in [0.05, 0.1) is 12.2 Å². The average Bonchev–Trinajstić information content (AvgIpc) is 2.66. The number of nitrogens with zero attached hydrogens (tertiary/aromatic N) is 1. The molecule has 0 bridgehead atoms. The van der Waals surface area contributed by atoms with Crippen LogP contribution in [0.2, 0.25) is 0 Å². The Kier molecular flexibility index (Phi) is 3.32. The van der Waals surface area contributed by atoms with Gasteiger partial charge in [-0.2, -0.15) is 13.2 Å². The lowest BCUT2D eigenvalue weighted by Crippen LogP contribution is -2.05. The van der Waals surface area contributed by atoms with E-state index in [2.05, 4.69) is 4.84 Å². The van der Waals surface area contributed by atoms with E-state index in [0.29, 0.717) is 12.1 Å². The van der Waals surface area contributed by atoms with Crippen LogP contribution in [-0.2, 0) is 24.2 Å². The van der Waals surface area contributed by atoms with Gasteiger partial charge in [-0.05, 0) is 19.1 Å². The zero-order chi connectivity index (χ0) is 13.3. The second-order valence-corrected chi connectivity index (χ2v) is 3.98. The maximum Gasteiger partial charge on any atom is 0.416 e. The molecule has 1 aromatic heterocycles. The topological polar surface area (TPSA) is 40.2 Å². The zero-order valence-electron chi connectivity index (χ0n) is 9.79. The first-order valence-corrected chi connectivity index (χ1v) is 5.48. The van der Waals surface area contributed by atoms with Crippen molar-refractivity contribution in [3.8, 4) is 0 Å². The maximum atomic E-state index is 12.7. The molecule has 18 heavy (non-hydrogen) atoms. The first kappa shape index (κ1) is 12.9. The molecule has 0 saturated heterocycles. The van der Waals surface area contributed by atoms with Gasteiger partial charge in [-0.15, -0.1) is 0 Å². The minimum Gasteiger partial charge on any atom is -0.347 e. The molecule has 1 aromatic carbocycles. The molecule has 0 amide bonds. The number of aromatic nitrogens is 1. The van der Waals surface area contributed by atoms with Gasteiger partial charge in [-0.3, -0.25) is 4.84 Å². The number of nitrogens with two attached hydrogens (primary N) is 1. The number of benzene rings is 1. The van der Waals surface area contributed by atoms with Crippen LogP contribution in [-0.4, -0.2) is 4.57 Å². The molecule has 1 heterocycles.